The second-order valence-electron chi connectivity index (χ2n) is 7.03. The zero-order chi connectivity index (χ0) is 16.6. The molecule has 3 N–H and O–H groups in total. The van der Waals surface area contributed by atoms with Crippen LogP contribution in [0.4, 0.5) is 0 Å². The van der Waals surface area contributed by atoms with Gasteiger partial charge in [-0.2, -0.15) is 11.8 Å². The predicted molar refractivity (Wildman–Crippen MR) is 98.3 cm³/mol. The quantitative estimate of drug-likeness (QED) is 0.465. The second-order valence-corrected chi connectivity index (χ2v) is 8.13. The smallest absolute Gasteiger partial charge is 0.191 e. The molecule has 0 aromatic rings. The van der Waals surface area contributed by atoms with Crippen LogP contribution >= 0.6 is 11.8 Å². The average Bonchev–Trinajstić information content (AvgIpc) is 3.19. The molecule has 0 bridgehead atoms. The summed E-state index contributed by atoms with van der Waals surface area (Å²) in [4.78, 5) is 4.83. The lowest BCUT2D eigenvalue weighted by Gasteiger charge is -2.28. The van der Waals surface area contributed by atoms with Gasteiger partial charge in [-0.25, -0.2) is 0 Å². The number of aliphatic imine (C=N–C) groups is 1. The molecule has 134 valence electrons. The molecule has 1 atom stereocenters. The standard InChI is InChI=1S/C17H33N3O2S/c1-3-18-15(20-13-17(21)9-11-23-14-17)19-12-16(8-10-22-2)6-4-5-7-16/h21H,3-14H2,1-2H3,(H2,18,19,20). The summed E-state index contributed by atoms with van der Waals surface area (Å²) in [5.41, 5.74) is -0.277. The number of hydrogen-bond acceptors (Lipinski definition) is 4. The summed E-state index contributed by atoms with van der Waals surface area (Å²) >= 11 is 1.82. The Balaban J connectivity index is 1.91. The molecule has 1 unspecified atom stereocenters. The first-order valence-electron chi connectivity index (χ1n) is 8.93. The molecule has 2 fully saturated rings. The van der Waals surface area contributed by atoms with E-state index in [1.165, 1.54) is 25.7 Å². The second kappa shape index (κ2) is 9.14. The maximum atomic E-state index is 10.5. The van der Waals surface area contributed by atoms with Crippen molar-refractivity contribution in [3.63, 3.8) is 0 Å². The lowest BCUT2D eigenvalue weighted by atomic mass is 9.83. The number of thioether (sulfide) groups is 1. The molecule has 0 spiro atoms. The number of methoxy groups -OCH3 is 1. The molecular weight excluding hydrogens is 310 g/mol. The maximum Gasteiger partial charge on any atom is 0.191 e. The van der Waals surface area contributed by atoms with E-state index in [-0.39, 0.29) is 0 Å². The Labute approximate surface area is 145 Å². The first kappa shape index (κ1) is 18.9. The van der Waals surface area contributed by atoms with Crippen LogP contribution in [-0.4, -0.2) is 61.5 Å². The molecule has 0 aromatic heterocycles. The van der Waals surface area contributed by atoms with Crippen molar-refractivity contribution >= 4 is 17.7 Å². The first-order valence-corrected chi connectivity index (χ1v) is 10.1. The third-order valence-corrected chi connectivity index (χ3v) is 6.32. The number of ether oxygens (including phenoxy) is 1. The number of nitrogens with one attached hydrogen (secondary N) is 2. The highest BCUT2D eigenvalue weighted by molar-refractivity contribution is 7.99. The van der Waals surface area contributed by atoms with E-state index in [0.29, 0.717) is 12.0 Å². The Morgan fingerprint density at radius 1 is 1.26 bits per heavy atom. The summed E-state index contributed by atoms with van der Waals surface area (Å²) in [7, 11) is 1.78. The van der Waals surface area contributed by atoms with Crippen molar-refractivity contribution in [1.29, 1.82) is 0 Å². The van der Waals surface area contributed by atoms with Gasteiger partial charge in [-0.05, 0) is 43.8 Å². The zero-order valence-electron chi connectivity index (χ0n) is 14.7. The van der Waals surface area contributed by atoms with Gasteiger partial charge in [0.15, 0.2) is 5.96 Å². The SMILES string of the molecule is CCNC(=NCC1(CCOC)CCCC1)NCC1(O)CCSC1. The molecule has 1 saturated heterocycles. The topological polar surface area (TPSA) is 65.9 Å². The van der Waals surface area contributed by atoms with Crippen molar-refractivity contribution in [3.8, 4) is 0 Å². The summed E-state index contributed by atoms with van der Waals surface area (Å²) in [6.07, 6.45) is 7.06. The Hall–Kier alpha value is -0.460. The highest BCUT2D eigenvalue weighted by Crippen LogP contribution is 2.41. The van der Waals surface area contributed by atoms with Gasteiger partial charge in [0.25, 0.3) is 0 Å². The fourth-order valence-corrected chi connectivity index (χ4v) is 4.80. The summed E-state index contributed by atoms with van der Waals surface area (Å²) < 4.78 is 5.30. The molecule has 2 aliphatic rings. The highest BCUT2D eigenvalue weighted by atomic mass is 32.2. The van der Waals surface area contributed by atoms with E-state index in [0.717, 1.165) is 50.0 Å². The van der Waals surface area contributed by atoms with E-state index in [1.54, 1.807) is 7.11 Å². The van der Waals surface area contributed by atoms with Crippen LogP contribution in [0.1, 0.15) is 45.4 Å². The van der Waals surface area contributed by atoms with Gasteiger partial charge in [0.2, 0.25) is 0 Å². The fourth-order valence-electron chi connectivity index (χ4n) is 3.50. The number of rotatable bonds is 8. The van der Waals surface area contributed by atoms with Crippen molar-refractivity contribution in [2.45, 2.75) is 51.0 Å². The minimum Gasteiger partial charge on any atom is -0.387 e. The maximum absolute atomic E-state index is 10.5. The molecule has 6 heteroatoms. The molecule has 0 radical (unpaired) electrons. The van der Waals surface area contributed by atoms with Crippen LogP contribution in [0.2, 0.25) is 0 Å². The van der Waals surface area contributed by atoms with E-state index in [2.05, 4.69) is 17.6 Å². The number of hydrogen-bond donors (Lipinski definition) is 3. The van der Waals surface area contributed by atoms with Crippen molar-refractivity contribution < 1.29 is 9.84 Å². The Morgan fingerprint density at radius 3 is 2.65 bits per heavy atom. The van der Waals surface area contributed by atoms with Crippen molar-refractivity contribution in [3.05, 3.63) is 0 Å². The lowest BCUT2D eigenvalue weighted by Crippen LogP contribution is -2.47. The number of guanidine groups is 1. The molecule has 1 aliphatic heterocycles. The minimum atomic E-state index is -0.581. The molecule has 1 saturated carbocycles. The Kier molecular flexibility index (Phi) is 7.50. The Bertz CT molecular complexity index is 378. The van der Waals surface area contributed by atoms with Gasteiger partial charge < -0.3 is 20.5 Å². The largest absolute Gasteiger partial charge is 0.387 e. The van der Waals surface area contributed by atoms with Gasteiger partial charge in [0, 0.05) is 39.1 Å². The van der Waals surface area contributed by atoms with Crippen molar-refractivity contribution in [2.24, 2.45) is 10.4 Å². The van der Waals surface area contributed by atoms with E-state index < -0.39 is 5.60 Å². The lowest BCUT2D eigenvalue weighted by molar-refractivity contribution is 0.0724. The summed E-state index contributed by atoms with van der Waals surface area (Å²) in [6.45, 7) is 5.16. The molecule has 0 aromatic carbocycles. The van der Waals surface area contributed by atoms with Crippen LogP contribution in [0.25, 0.3) is 0 Å². The van der Waals surface area contributed by atoms with Crippen LogP contribution < -0.4 is 10.6 Å². The molecular formula is C17H33N3O2S. The van der Waals surface area contributed by atoms with E-state index >= 15 is 0 Å². The molecule has 0 amide bonds. The minimum absolute atomic E-state index is 0.304. The van der Waals surface area contributed by atoms with Gasteiger partial charge in [-0.15, -0.1) is 0 Å². The number of aliphatic hydroxyl groups is 1. The molecule has 2 rings (SSSR count). The summed E-state index contributed by atoms with van der Waals surface area (Å²) in [5.74, 6) is 2.70. The van der Waals surface area contributed by atoms with E-state index in [4.69, 9.17) is 9.73 Å². The number of nitrogens with zero attached hydrogens (tertiary/aromatic N) is 1. The van der Waals surface area contributed by atoms with Crippen LogP contribution in [0.15, 0.2) is 4.99 Å². The van der Waals surface area contributed by atoms with Crippen LogP contribution in [0.5, 0.6) is 0 Å². The zero-order valence-corrected chi connectivity index (χ0v) is 15.5. The van der Waals surface area contributed by atoms with Crippen LogP contribution in [0, 0.1) is 5.41 Å². The van der Waals surface area contributed by atoms with Gasteiger partial charge in [-0.1, -0.05) is 12.8 Å². The molecule has 5 nitrogen and oxygen atoms in total. The van der Waals surface area contributed by atoms with E-state index in [9.17, 15) is 5.11 Å². The predicted octanol–water partition coefficient (Wildman–Crippen LogP) is 2.01. The monoisotopic (exact) mass is 343 g/mol. The third-order valence-electron chi connectivity index (χ3n) is 5.08. The van der Waals surface area contributed by atoms with E-state index in [1.807, 2.05) is 11.8 Å². The highest BCUT2D eigenvalue weighted by Gasteiger charge is 2.34. The normalized spacial score (nSPS) is 27.3. The average molecular weight is 344 g/mol. The van der Waals surface area contributed by atoms with Crippen molar-refractivity contribution in [2.75, 3.05) is 44.9 Å². The van der Waals surface area contributed by atoms with Crippen molar-refractivity contribution in [1.82, 2.24) is 10.6 Å². The third kappa shape index (κ3) is 5.84. The van der Waals surface area contributed by atoms with Gasteiger partial charge in [0.05, 0.1) is 5.60 Å². The Morgan fingerprint density at radius 2 is 2.04 bits per heavy atom. The summed E-state index contributed by atoms with van der Waals surface area (Å²) in [5, 5.41) is 17.1. The summed E-state index contributed by atoms with van der Waals surface area (Å²) in [6, 6.07) is 0. The van der Waals surface area contributed by atoms with Gasteiger partial charge >= 0.3 is 0 Å². The van der Waals surface area contributed by atoms with Gasteiger partial charge in [-0.3, -0.25) is 4.99 Å². The molecule has 23 heavy (non-hydrogen) atoms. The molecule has 1 heterocycles. The van der Waals surface area contributed by atoms with Crippen LogP contribution in [0.3, 0.4) is 0 Å². The first-order chi connectivity index (χ1) is 11.1. The fraction of sp³-hybridized carbons (Fsp3) is 0.941. The molecule has 1 aliphatic carbocycles. The van der Waals surface area contributed by atoms with Crippen LogP contribution in [-0.2, 0) is 4.74 Å². The van der Waals surface area contributed by atoms with Gasteiger partial charge in [0.1, 0.15) is 0 Å².